The summed E-state index contributed by atoms with van der Waals surface area (Å²) in [5, 5.41) is 0. The van der Waals surface area contributed by atoms with Gasteiger partial charge in [-0.15, -0.1) is 0 Å². The number of rotatable bonds is 8. The fourth-order valence-electron chi connectivity index (χ4n) is 2.81. The van der Waals surface area contributed by atoms with E-state index in [-0.39, 0.29) is 29.2 Å². The van der Waals surface area contributed by atoms with Gasteiger partial charge >= 0.3 is 5.97 Å². The first kappa shape index (κ1) is 23.8. The van der Waals surface area contributed by atoms with Crippen molar-refractivity contribution in [3.63, 3.8) is 0 Å². The van der Waals surface area contributed by atoms with E-state index in [9.17, 15) is 26.0 Å². The van der Waals surface area contributed by atoms with Crippen LogP contribution in [-0.2, 0) is 24.8 Å². The predicted molar refractivity (Wildman–Crippen MR) is 110 cm³/mol. The highest BCUT2D eigenvalue weighted by Gasteiger charge is 2.26. The van der Waals surface area contributed by atoms with Gasteiger partial charge in [-0.2, -0.15) is 4.31 Å². The van der Waals surface area contributed by atoms with E-state index in [1.807, 2.05) is 0 Å². The molecule has 0 unspecified atom stereocenters. The Kier molecular flexibility index (Phi) is 7.22. The molecule has 0 bridgehead atoms. The van der Waals surface area contributed by atoms with Crippen molar-refractivity contribution < 1.29 is 30.8 Å². The molecule has 2 aromatic carbocycles. The first-order chi connectivity index (χ1) is 14.0. The van der Waals surface area contributed by atoms with Gasteiger partial charge in [0.1, 0.15) is 10.7 Å². The van der Waals surface area contributed by atoms with Crippen LogP contribution in [0.5, 0.6) is 0 Å². The fraction of sp³-hybridized carbons (Fsp3) is 0.316. The Bertz CT molecular complexity index is 1160. The maximum Gasteiger partial charge on any atom is 0.337 e. The van der Waals surface area contributed by atoms with Gasteiger partial charge in [-0.25, -0.2) is 26.0 Å². The van der Waals surface area contributed by atoms with Gasteiger partial charge in [-0.1, -0.05) is 19.9 Å². The Balaban J connectivity index is 2.50. The summed E-state index contributed by atoms with van der Waals surface area (Å²) >= 11 is 0. The summed E-state index contributed by atoms with van der Waals surface area (Å²) in [6.45, 7) is 5.48. The zero-order chi connectivity index (χ0) is 22.7. The summed E-state index contributed by atoms with van der Waals surface area (Å²) in [5.74, 6) is -1.90. The molecule has 0 fully saturated rings. The number of benzene rings is 2. The Morgan fingerprint density at radius 3 is 2.23 bits per heavy atom. The number of halogens is 1. The number of nitrogens with one attached hydrogen (secondary N) is 1. The number of sulfonamides is 2. The zero-order valence-electron chi connectivity index (χ0n) is 17.0. The van der Waals surface area contributed by atoms with E-state index >= 15 is 0 Å². The number of hydrogen-bond donors (Lipinski definition) is 1. The van der Waals surface area contributed by atoms with E-state index in [0.29, 0.717) is 5.56 Å². The Labute approximate surface area is 175 Å². The number of carbonyl (C=O) groups is 1. The number of nitrogens with zero attached hydrogens (tertiary/aromatic N) is 1. The van der Waals surface area contributed by atoms with E-state index in [2.05, 4.69) is 9.46 Å². The van der Waals surface area contributed by atoms with Crippen molar-refractivity contribution in [2.45, 2.75) is 30.6 Å². The minimum Gasteiger partial charge on any atom is -0.465 e. The lowest BCUT2D eigenvalue weighted by Gasteiger charge is -2.20. The number of anilines is 1. The maximum atomic E-state index is 14.2. The van der Waals surface area contributed by atoms with Crippen LogP contribution in [0.4, 0.5) is 10.1 Å². The van der Waals surface area contributed by atoms with Crippen LogP contribution < -0.4 is 4.72 Å². The van der Waals surface area contributed by atoms with Crippen molar-refractivity contribution in [1.29, 1.82) is 0 Å². The number of methoxy groups -OCH3 is 1. The maximum absolute atomic E-state index is 14.2. The molecule has 0 radical (unpaired) electrons. The minimum absolute atomic E-state index is 0.0600. The van der Waals surface area contributed by atoms with Crippen molar-refractivity contribution in [3.8, 4) is 0 Å². The van der Waals surface area contributed by atoms with Gasteiger partial charge in [0.25, 0.3) is 10.0 Å². The van der Waals surface area contributed by atoms with Gasteiger partial charge in [0.05, 0.1) is 23.3 Å². The van der Waals surface area contributed by atoms with E-state index in [1.54, 1.807) is 20.8 Å². The molecule has 0 aromatic heterocycles. The Morgan fingerprint density at radius 1 is 1.03 bits per heavy atom. The second-order valence-corrected chi connectivity index (χ2v) is 9.87. The molecule has 0 saturated heterocycles. The van der Waals surface area contributed by atoms with Crippen LogP contribution in [0, 0.1) is 12.7 Å². The van der Waals surface area contributed by atoms with Crippen molar-refractivity contribution in [3.05, 3.63) is 53.3 Å². The summed E-state index contributed by atoms with van der Waals surface area (Å²) in [5.41, 5.74) is 0.228. The molecule has 0 aliphatic heterocycles. The average Bonchev–Trinajstić information content (AvgIpc) is 2.69. The van der Waals surface area contributed by atoms with E-state index in [0.717, 1.165) is 25.3 Å². The van der Waals surface area contributed by atoms with Gasteiger partial charge in [-0.3, -0.25) is 4.72 Å². The molecule has 0 aliphatic carbocycles. The average molecular weight is 459 g/mol. The van der Waals surface area contributed by atoms with Crippen LogP contribution in [0.15, 0.2) is 46.2 Å². The standard InChI is InChI=1S/C19H23FN2O6S2/c1-5-22(6-2)30(26,27)17-12-15(9-7-13(17)3)21-29(24,25)18-11-14(19(23)28-4)8-10-16(18)20/h7-12,21H,5-6H2,1-4H3. The lowest BCUT2D eigenvalue weighted by molar-refractivity contribution is 0.0600. The summed E-state index contributed by atoms with van der Waals surface area (Å²) in [6.07, 6.45) is 0. The molecule has 2 rings (SSSR count). The molecular weight excluding hydrogens is 435 g/mol. The molecule has 0 amide bonds. The second-order valence-electron chi connectivity index (χ2n) is 6.31. The van der Waals surface area contributed by atoms with Crippen LogP contribution in [0.3, 0.4) is 0 Å². The summed E-state index contributed by atoms with van der Waals surface area (Å²) < 4.78 is 73.3. The SMILES string of the molecule is CCN(CC)S(=O)(=O)c1cc(NS(=O)(=O)c2cc(C(=O)OC)ccc2F)ccc1C. The largest absolute Gasteiger partial charge is 0.465 e. The van der Waals surface area contributed by atoms with Gasteiger partial charge < -0.3 is 4.74 Å². The van der Waals surface area contributed by atoms with Gasteiger partial charge in [-0.05, 0) is 42.8 Å². The first-order valence-electron chi connectivity index (χ1n) is 8.99. The number of hydrogen-bond acceptors (Lipinski definition) is 6. The molecule has 1 N–H and O–H groups in total. The van der Waals surface area contributed by atoms with Crippen LogP contribution in [0.25, 0.3) is 0 Å². The van der Waals surface area contributed by atoms with Crippen LogP contribution in [0.1, 0.15) is 29.8 Å². The van der Waals surface area contributed by atoms with Crippen LogP contribution in [-0.4, -0.2) is 47.3 Å². The molecule has 2 aromatic rings. The molecular formula is C19H23FN2O6S2. The number of carbonyl (C=O) groups excluding carboxylic acids is 1. The molecule has 164 valence electrons. The Hall–Kier alpha value is -2.50. The highest BCUT2D eigenvalue weighted by Crippen LogP contribution is 2.26. The quantitative estimate of drug-likeness (QED) is 0.609. The molecule has 0 aliphatic rings. The zero-order valence-corrected chi connectivity index (χ0v) is 18.6. The van der Waals surface area contributed by atoms with Crippen molar-refractivity contribution in [1.82, 2.24) is 4.31 Å². The monoisotopic (exact) mass is 458 g/mol. The molecule has 11 heteroatoms. The molecule has 0 spiro atoms. The number of ether oxygens (including phenoxy) is 1. The summed E-state index contributed by atoms with van der Waals surface area (Å²) in [6, 6.07) is 6.80. The lowest BCUT2D eigenvalue weighted by atomic mass is 10.2. The van der Waals surface area contributed by atoms with E-state index in [1.165, 1.54) is 22.5 Å². The summed E-state index contributed by atoms with van der Waals surface area (Å²) in [4.78, 5) is 10.8. The topological polar surface area (TPSA) is 110 Å². The lowest BCUT2D eigenvalue weighted by Crippen LogP contribution is -2.31. The van der Waals surface area contributed by atoms with Gasteiger partial charge in [0.2, 0.25) is 10.0 Å². The second kappa shape index (κ2) is 9.11. The molecule has 0 atom stereocenters. The van der Waals surface area contributed by atoms with Crippen molar-refractivity contribution in [2.75, 3.05) is 24.9 Å². The molecule has 0 saturated carbocycles. The van der Waals surface area contributed by atoms with E-state index in [4.69, 9.17) is 0 Å². The third kappa shape index (κ3) is 4.79. The number of esters is 1. The highest BCUT2D eigenvalue weighted by atomic mass is 32.2. The van der Waals surface area contributed by atoms with Gasteiger partial charge in [0.15, 0.2) is 0 Å². The highest BCUT2D eigenvalue weighted by molar-refractivity contribution is 7.92. The van der Waals surface area contributed by atoms with Crippen LogP contribution >= 0.6 is 0 Å². The van der Waals surface area contributed by atoms with Crippen LogP contribution in [0.2, 0.25) is 0 Å². The van der Waals surface area contributed by atoms with E-state index < -0.39 is 36.7 Å². The summed E-state index contributed by atoms with van der Waals surface area (Å²) in [7, 11) is -7.18. The molecule has 8 nitrogen and oxygen atoms in total. The smallest absolute Gasteiger partial charge is 0.337 e. The van der Waals surface area contributed by atoms with Gasteiger partial charge in [0, 0.05) is 13.1 Å². The van der Waals surface area contributed by atoms with Crippen molar-refractivity contribution >= 4 is 31.7 Å². The third-order valence-electron chi connectivity index (χ3n) is 4.41. The normalized spacial score (nSPS) is 12.1. The Morgan fingerprint density at radius 2 is 1.67 bits per heavy atom. The first-order valence-corrected chi connectivity index (χ1v) is 11.9. The predicted octanol–water partition coefficient (Wildman–Crippen LogP) is 2.75. The molecule has 30 heavy (non-hydrogen) atoms. The third-order valence-corrected chi connectivity index (χ3v) is 7.99. The number of aryl methyl sites for hydroxylation is 1. The fourth-order valence-corrected chi connectivity index (χ4v) is 5.67. The van der Waals surface area contributed by atoms with Crippen molar-refractivity contribution in [2.24, 2.45) is 0 Å². The minimum atomic E-state index is -4.46. The molecule has 0 heterocycles.